The Labute approximate surface area is 194 Å². The maximum atomic E-state index is 12.6. The molecule has 6 nitrogen and oxygen atoms in total. The Morgan fingerprint density at radius 1 is 0.879 bits per heavy atom. The van der Waals surface area contributed by atoms with Crippen LogP contribution in [0.2, 0.25) is 0 Å². The second-order valence-electron chi connectivity index (χ2n) is 8.38. The van der Waals surface area contributed by atoms with Crippen molar-refractivity contribution in [3.8, 4) is 0 Å². The molecule has 0 aliphatic carbocycles. The molecular weight excluding hydrogens is 416 g/mol. The van der Waals surface area contributed by atoms with Crippen LogP contribution in [0.5, 0.6) is 0 Å². The number of amides is 1. The molecule has 4 rings (SSSR count). The van der Waals surface area contributed by atoms with Crippen molar-refractivity contribution < 1.29 is 19.7 Å². The van der Waals surface area contributed by atoms with Crippen molar-refractivity contribution in [3.05, 3.63) is 108 Å². The molecular formula is C27H30N2O4. The highest BCUT2D eigenvalue weighted by Crippen LogP contribution is 2.24. The van der Waals surface area contributed by atoms with Gasteiger partial charge in [0, 0.05) is 25.2 Å². The number of hydrogen-bond acceptors (Lipinski definition) is 5. The van der Waals surface area contributed by atoms with Gasteiger partial charge in [0.2, 0.25) is 0 Å². The maximum absolute atomic E-state index is 12.6. The topological polar surface area (TPSA) is 82.0 Å². The number of piperidine rings is 1. The van der Waals surface area contributed by atoms with Crippen molar-refractivity contribution in [1.82, 2.24) is 10.2 Å². The standard InChI is InChI=1S/C27H30N2O4/c30-24-18-29(17-20-10-4-1-5-11-20)23(16-28-27(32)22-14-8-3-9-15-22)25(31)26(24)33-19-21-12-6-2-7-13-21/h1-15,23-26,30-31H,16-19H2,(H,28,32)/t23-,24+,25-,26-/m1/s1. The van der Waals surface area contributed by atoms with Crippen molar-refractivity contribution >= 4 is 5.91 Å². The Hall–Kier alpha value is -3.03. The molecule has 3 N–H and O–H groups in total. The van der Waals surface area contributed by atoms with E-state index >= 15 is 0 Å². The van der Waals surface area contributed by atoms with Crippen LogP contribution in [-0.2, 0) is 17.9 Å². The third-order valence-corrected chi connectivity index (χ3v) is 6.02. The number of hydrogen-bond donors (Lipinski definition) is 3. The summed E-state index contributed by atoms with van der Waals surface area (Å²) in [5.41, 5.74) is 2.60. The molecule has 0 radical (unpaired) electrons. The number of likely N-dealkylation sites (tertiary alicyclic amines) is 1. The molecule has 3 aromatic carbocycles. The predicted octanol–water partition coefficient (Wildman–Crippen LogP) is 2.61. The minimum absolute atomic E-state index is 0.199. The molecule has 33 heavy (non-hydrogen) atoms. The van der Waals surface area contributed by atoms with Gasteiger partial charge in [-0.15, -0.1) is 0 Å². The first-order chi connectivity index (χ1) is 16.1. The molecule has 0 saturated carbocycles. The number of aliphatic hydroxyl groups is 2. The lowest BCUT2D eigenvalue weighted by molar-refractivity contribution is -0.166. The van der Waals surface area contributed by atoms with E-state index < -0.39 is 24.4 Å². The minimum atomic E-state index is -0.975. The first-order valence-corrected chi connectivity index (χ1v) is 11.2. The van der Waals surface area contributed by atoms with Gasteiger partial charge < -0.3 is 20.3 Å². The molecule has 1 aliphatic rings. The van der Waals surface area contributed by atoms with Gasteiger partial charge in [-0.3, -0.25) is 9.69 Å². The molecule has 0 bridgehead atoms. The second-order valence-corrected chi connectivity index (χ2v) is 8.38. The summed E-state index contributed by atoms with van der Waals surface area (Å²) < 4.78 is 5.97. The first-order valence-electron chi connectivity index (χ1n) is 11.2. The zero-order chi connectivity index (χ0) is 23.0. The quantitative estimate of drug-likeness (QED) is 0.496. The van der Waals surface area contributed by atoms with Crippen LogP contribution >= 0.6 is 0 Å². The van der Waals surface area contributed by atoms with Crippen molar-refractivity contribution in [2.75, 3.05) is 13.1 Å². The number of benzene rings is 3. The minimum Gasteiger partial charge on any atom is -0.389 e. The summed E-state index contributed by atoms with van der Waals surface area (Å²) in [5.74, 6) is -0.199. The summed E-state index contributed by atoms with van der Waals surface area (Å²) >= 11 is 0. The average molecular weight is 447 g/mol. The monoisotopic (exact) mass is 446 g/mol. The van der Waals surface area contributed by atoms with E-state index in [0.717, 1.165) is 11.1 Å². The molecule has 4 atom stereocenters. The Balaban J connectivity index is 1.48. The molecule has 1 fully saturated rings. The predicted molar refractivity (Wildman–Crippen MR) is 126 cm³/mol. The number of rotatable bonds is 8. The third kappa shape index (κ3) is 6.06. The first kappa shape index (κ1) is 23.1. The van der Waals surface area contributed by atoms with Crippen LogP contribution in [0.15, 0.2) is 91.0 Å². The lowest BCUT2D eigenvalue weighted by Crippen LogP contribution is -2.64. The van der Waals surface area contributed by atoms with Crippen LogP contribution in [-0.4, -0.2) is 58.5 Å². The lowest BCUT2D eigenvalue weighted by atomic mass is 9.92. The fraction of sp³-hybridized carbons (Fsp3) is 0.296. The molecule has 1 saturated heterocycles. The van der Waals surface area contributed by atoms with Gasteiger partial charge in [0.15, 0.2) is 0 Å². The fourth-order valence-corrected chi connectivity index (χ4v) is 4.26. The summed E-state index contributed by atoms with van der Waals surface area (Å²) in [5, 5.41) is 25.0. The number of β-amino-alcohol motifs (C(OH)–C–C–N with tert-alkyl or cyclic N) is 1. The highest BCUT2D eigenvalue weighted by atomic mass is 16.5. The Morgan fingerprint density at radius 2 is 1.45 bits per heavy atom. The largest absolute Gasteiger partial charge is 0.389 e. The summed E-state index contributed by atoms with van der Waals surface area (Å²) in [7, 11) is 0. The van der Waals surface area contributed by atoms with Crippen LogP contribution in [0, 0.1) is 0 Å². The van der Waals surface area contributed by atoms with Gasteiger partial charge in [0.05, 0.1) is 24.9 Å². The molecule has 0 spiro atoms. The molecule has 1 aliphatic heterocycles. The molecule has 6 heteroatoms. The highest BCUT2D eigenvalue weighted by molar-refractivity contribution is 5.94. The van der Waals surface area contributed by atoms with Crippen LogP contribution in [0.3, 0.4) is 0 Å². The van der Waals surface area contributed by atoms with Gasteiger partial charge in [0.25, 0.3) is 5.91 Å². The highest BCUT2D eigenvalue weighted by Gasteiger charge is 2.43. The smallest absolute Gasteiger partial charge is 0.251 e. The Kier molecular flexibility index (Phi) is 7.86. The number of carbonyl (C=O) groups excluding carboxylic acids is 1. The van der Waals surface area contributed by atoms with Crippen LogP contribution < -0.4 is 5.32 Å². The van der Waals surface area contributed by atoms with Crippen LogP contribution in [0.25, 0.3) is 0 Å². The van der Waals surface area contributed by atoms with Gasteiger partial charge in [-0.1, -0.05) is 78.9 Å². The van der Waals surface area contributed by atoms with E-state index in [9.17, 15) is 15.0 Å². The molecule has 3 aromatic rings. The van der Waals surface area contributed by atoms with Crippen LogP contribution in [0.1, 0.15) is 21.5 Å². The Bertz CT molecular complexity index is 1000. The summed E-state index contributed by atoms with van der Waals surface area (Å²) in [4.78, 5) is 14.6. The number of nitrogens with one attached hydrogen (secondary N) is 1. The zero-order valence-corrected chi connectivity index (χ0v) is 18.5. The average Bonchev–Trinajstić information content (AvgIpc) is 2.85. The van der Waals surface area contributed by atoms with Gasteiger partial charge >= 0.3 is 0 Å². The summed E-state index contributed by atoms with van der Waals surface area (Å²) in [6.45, 7) is 1.41. The van der Waals surface area contributed by atoms with E-state index in [-0.39, 0.29) is 12.5 Å². The van der Waals surface area contributed by atoms with Crippen molar-refractivity contribution in [1.29, 1.82) is 0 Å². The maximum Gasteiger partial charge on any atom is 0.251 e. The van der Waals surface area contributed by atoms with E-state index in [0.29, 0.717) is 25.3 Å². The van der Waals surface area contributed by atoms with Gasteiger partial charge in [-0.25, -0.2) is 0 Å². The van der Waals surface area contributed by atoms with Crippen molar-refractivity contribution in [2.24, 2.45) is 0 Å². The molecule has 0 unspecified atom stereocenters. The summed E-state index contributed by atoms with van der Waals surface area (Å²) in [6.07, 6.45) is -2.58. The van der Waals surface area contributed by atoms with E-state index in [1.54, 1.807) is 12.1 Å². The second kappa shape index (κ2) is 11.2. The number of ether oxygens (including phenoxy) is 1. The van der Waals surface area contributed by atoms with E-state index in [4.69, 9.17) is 4.74 Å². The van der Waals surface area contributed by atoms with E-state index in [1.165, 1.54) is 0 Å². The van der Waals surface area contributed by atoms with Gasteiger partial charge in [0.1, 0.15) is 6.10 Å². The van der Waals surface area contributed by atoms with E-state index in [1.807, 2.05) is 83.8 Å². The molecule has 172 valence electrons. The Morgan fingerprint density at radius 3 is 2.09 bits per heavy atom. The van der Waals surface area contributed by atoms with Crippen molar-refractivity contribution in [3.63, 3.8) is 0 Å². The summed E-state index contributed by atoms with van der Waals surface area (Å²) in [6, 6.07) is 28.2. The molecule has 0 aromatic heterocycles. The van der Waals surface area contributed by atoms with Gasteiger partial charge in [-0.2, -0.15) is 0 Å². The van der Waals surface area contributed by atoms with Crippen LogP contribution in [0.4, 0.5) is 0 Å². The normalized spacial score (nSPS) is 23.2. The molecule has 1 amide bonds. The molecule has 1 heterocycles. The van der Waals surface area contributed by atoms with E-state index in [2.05, 4.69) is 5.32 Å². The zero-order valence-electron chi connectivity index (χ0n) is 18.5. The van der Waals surface area contributed by atoms with Gasteiger partial charge in [-0.05, 0) is 23.3 Å². The number of carbonyl (C=O) groups is 1. The third-order valence-electron chi connectivity index (χ3n) is 6.02. The van der Waals surface area contributed by atoms with Crippen molar-refractivity contribution in [2.45, 2.75) is 37.5 Å². The number of nitrogens with zero attached hydrogens (tertiary/aromatic N) is 1. The lowest BCUT2D eigenvalue weighted by Gasteiger charge is -2.45. The fourth-order valence-electron chi connectivity index (χ4n) is 4.26. The number of aliphatic hydroxyl groups excluding tert-OH is 2. The SMILES string of the molecule is O=C(NC[C@@H]1[C@@H](O)[C@H](OCc2ccccc2)[C@@H](O)CN1Cc1ccccc1)c1ccccc1.